The van der Waals surface area contributed by atoms with Crippen LogP contribution in [0.1, 0.15) is 153 Å². The van der Waals surface area contributed by atoms with Crippen LogP contribution in [-0.2, 0) is 47.8 Å². The number of hydrogen-bond donors (Lipinski definition) is 11. The number of methoxy groups -OCH3 is 3. The maximum absolute atomic E-state index is 12.8. The third kappa shape index (κ3) is 56.7. The second-order valence-corrected chi connectivity index (χ2v) is 20.6. The molecule has 2 amide bonds. The quantitative estimate of drug-likeness (QED) is 0.0300. The minimum Gasteiger partial charge on any atom is -0.480 e. The predicted molar refractivity (Wildman–Crippen MR) is 352 cm³/mol. The number of nitrogens with two attached hydrogens (primary N) is 7. The van der Waals surface area contributed by atoms with Gasteiger partial charge in [-0.05, 0) is 104 Å². The van der Waals surface area contributed by atoms with Gasteiger partial charge in [0.2, 0.25) is 11.8 Å². The lowest BCUT2D eigenvalue weighted by Crippen LogP contribution is -2.56. The second kappa shape index (κ2) is 67.7. The predicted octanol–water partition coefficient (Wildman–Crippen LogP) is 1.11. The maximum Gasteiger partial charge on any atom is 0.322 e. The first-order valence-corrected chi connectivity index (χ1v) is 31.7. The van der Waals surface area contributed by atoms with E-state index >= 15 is 0 Å². The molecule has 1 fully saturated rings. The summed E-state index contributed by atoms with van der Waals surface area (Å²) in [6.07, 6.45) is 13.5. The molecule has 27 nitrogen and oxygen atoms in total. The van der Waals surface area contributed by atoms with E-state index in [1.165, 1.54) is 40.6 Å². The third-order valence-electron chi connectivity index (χ3n) is 12.6. The Kier molecular flexibility index (Phi) is 73.1. The normalized spacial score (nSPS) is 12.6. The Morgan fingerprint density at radius 2 is 0.678 bits per heavy atom. The number of aliphatic carboxylic acids is 2. The Balaban J connectivity index is -0.000000248. The van der Waals surface area contributed by atoms with E-state index in [2.05, 4.69) is 99.8 Å². The molecule has 0 heterocycles. The lowest BCUT2D eigenvalue weighted by Gasteiger charge is -2.34. The zero-order chi connectivity index (χ0) is 66.5. The number of carboxylic acid groups (broad SMARTS) is 2. The molecule has 4 unspecified atom stereocenters. The highest BCUT2D eigenvalue weighted by molar-refractivity contribution is 5.83. The lowest BCUT2D eigenvalue weighted by atomic mass is 10.1. The van der Waals surface area contributed by atoms with Crippen molar-refractivity contribution >= 4 is 41.7 Å². The van der Waals surface area contributed by atoms with Crippen LogP contribution in [0.25, 0.3) is 0 Å². The molecule has 520 valence electrons. The Morgan fingerprint density at radius 3 is 0.897 bits per heavy atom. The number of carbonyl (C=O) groups is 7. The summed E-state index contributed by atoms with van der Waals surface area (Å²) in [5, 5.41) is 23.2. The highest BCUT2D eigenvalue weighted by atomic mass is 16.5. The van der Waals surface area contributed by atoms with E-state index < -0.39 is 24.0 Å². The number of nitrogens with one attached hydrogen (secondary N) is 2. The molecule has 1 rings (SSSR count). The zero-order valence-corrected chi connectivity index (χ0v) is 55.7. The van der Waals surface area contributed by atoms with E-state index in [-0.39, 0.29) is 75.2 Å². The molecular weight excluding hydrogens is 1120 g/mol. The molecule has 0 aromatic carbocycles. The standard InChI is InChI=1S/C19H39N3O3.C15H35N7O3.C15H32N2O2.C4H9NO2.C3H8N2O2.C3H6.CH4/c1-6-12-21(13-7-2)16-17(22(14-8-3)15-9-4)19(24)20-11-10-18(23)25-5;1-25-14(23)2-7-20-15(24)13(22(10-5-18)11-6-19)12-21(8-3-16)9-4-17;1-5-9-16(10-6-2)13-14(15(18)19)17(11-7-3)12-8-4;1-7-4(6)2-3-5;4-1-2(5)3(6)7;1-2-3-1;/h17H,6-16H2,1-5H3,(H,20,24);13H,2-12,16-19H2,1H3,(H,20,24);14H,5-13H2,1-4H3,(H,18,19);2-3,5H2,1H3;2H,1,4-5H2,(H,6,7);1-3H2;1H4. The van der Waals surface area contributed by atoms with E-state index in [0.29, 0.717) is 85.0 Å². The van der Waals surface area contributed by atoms with Gasteiger partial charge in [0.1, 0.15) is 24.2 Å². The van der Waals surface area contributed by atoms with Gasteiger partial charge in [-0.15, -0.1) is 0 Å². The SMILES string of the molecule is C.C1CC1.CCCN(CCC)CC(C(=O)NCCC(=O)OC)N(CCC)CCC.CCCN(CCC)CC(C(=O)O)N(CCC)CCC.COC(=O)CCN.COC(=O)CCNC(=O)C(CN(CCN)CCN)N(CCN)CCN.NCC(N)C(=O)O. The van der Waals surface area contributed by atoms with Crippen LogP contribution < -0.4 is 50.8 Å². The van der Waals surface area contributed by atoms with Crippen LogP contribution in [0.4, 0.5) is 0 Å². The van der Waals surface area contributed by atoms with E-state index in [9.17, 15) is 38.7 Å². The van der Waals surface area contributed by atoms with Crippen molar-refractivity contribution in [3.05, 3.63) is 0 Å². The van der Waals surface area contributed by atoms with Gasteiger partial charge < -0.3 is 85.0 Å². The van der Waals surface area contributed by atoms with Crippen molar-refractivity contribution in [2.45, 2.75) is 177 Å². The highest BCUT2D eigenvalue weighted by Gasteiger charge is 2.30. The molecule has 0 bridgehead atoms. The first-order chi connectivity index (χ1) is 41.2. The van der Waals surface area contributed by atoms with Crippen LogP contribution in [0.5, 0.6) is 0 Å². The van der Waals surface area contributed by atoms with E-state index in [0.717, 1.165) is 110 Å². The number of carbonyl (C=O) groups excluding carboxylic acids is 5. The van der Waals surface area contributed by atoms with Crippen LogP contribution in [-0.4, -0.2) is 277 Å². The second-order valence-electron chi connectivity index (χ2n) is 20.6. The fourth-order valence-electron chi connectivity index (χ4n) is 8.41. The molecule has 0 aliphatic heterocycles. The van der Waals surface area contributed by atoms with Crippen molar-refractivity contribution in [2.24, 2.45) is 40.1 Å². The Hall–Kier alpha value is -4.23. The van der Waals surface area contributed by atoms with Crippen molar-refractivity contribution in [2.75, 3.05) is 172 Å². The number of amides is 2. The monoisotopic (exact) mass is 1260 g/mol. The number of hydrogen-bond acceptors (Lipinski definition) is 23. The lowest BCUT2D eigenvalue weighted by molar-refractivity contribution is -0.144. The molecule has 0 aromatic rings. The summed E-state index contributed by atoms with van der Waals surface area (Å²) in [5.74, 6) is -2.81. The van der Waals surface area contributed by atoms with Crippen molar-refractivity contribution in [1.82, 2.24) is 40.0 Å². The number of esters is 3. The summed E-state index contributed by atoms with van der Waals surface area (Å²) >= 11 is 0. The minimum atomic E-state index is -1.05. The van der Waals surface area contributed by atoms with Crippen LogP contribution >= 0.6 is 0 Å². The molecule has 0 spiro atoms. The molecule has 1 aliphatic carbocycles. The van der Waals surface area contributed by atoms with Gasteiger partial charge in [0, 0.05) is 98.2 Å². The zero-order valence-electron chi connectivity index (χ0n) is 55.7. The van der Waals surface area contributed by atoms with Crippen LogP contribution in [0, 0.1) is 0 Å². The van der Waals surface area contributed by atoms with Crippen molar-refractivity contribution < 1.29 is 58.0 Å². The molecule has 1 aliphatic rings. The summed E-state index contributed by atoms with van der Waals surface area (Å²) in [6, 6.07) is -1.88. The van der Waals surface area contributed by atoms with Gasteiger partial charge >= 0.3 is 29.8 Å². The van der Waals surface area contributed by atoms with Crippen LogP contribution in [0.2, 0.25) is 0 Å². The van der Waals surface area contributed by atoms with Gasteiger partial charge in [0.05, 0.1) is 40.6 Å². The average Bonchev–Trinajstić information content (AvgIpc) is 4.52. The Bertz CT molecular complexity index is 1520. The van der Waals surface area contributed by atoms with Crippen LogP contribution in [0.3, 0.4) is 0 Å². The number of rotatable bonds is 46. The van der Waals surface area contributed by atoms with Gasteiger partial charge in [-0.25, -0.2) is 0 Å². The summed E-state index contributed by atoms with van der Waals surface area (Å²) in [5.41, 5.74) is 37.4. The largest absolute Gasteiger partial charge is 0.480 e. The number of carboxylic acids is 2. The first-order valence-electron chi connectivity index (χ1n) is 31.7. The first kappa shape index (κ1) is 93.9. The van der Waals surface area contributed by atoms with E-state index in [1.807, 2.05) is 9.80 Å². The summed E-state index contributed by atoms with van der Waals surface area (Å²) in [6.45, 7) is 31.6. The molecule has 87 heavy (non-hydrogen) atoms. The Labute approximate surface area is 526 Å². The van der Waals surface area contributed by atoms with Gasteiger partial charge in [-0.2, -0.15) is 0 Å². The Morgan fingerprint density at radius 1 is 0.402 bits per heavy atom. The molecule has 0 saturated heterocycles. The van der Waals surface area contributed by atoms with Crippen LogP contribution in [0.15, 0.2) is 0 Å². The van der Waals surface area contributed by atoms with E-state index in [4.69, 9.17) is 45.2 Å². The van der Waals surface area contributed by atoms with Crippen molar-refractivity contribution in [1.29, 1.82) is 0 Å². The fraction of sp³-hybridized carbons (Fsp3) is 0.883. The van der Waals surface area contributed by atoms with Crippen molar-refractivity contribution in [3.63, 3.8) is 0 Å². The van der Waals surface area contributed by atoms with Crippen molar-refractivity contribution in [3.8, 4) is 0 Å². The molecule has 1 saturated carbocycles. The molecular formula is C60H133N15O12. The fourth-order valence-corrected chi connectivity index (χ4v) is 8.41. The molecule has 0 radical (unpaired) electrons. The molecule has 0 aromatic heterocycles. The summed E-state index contributed by atoms with van der Waals surface area (Å²) in [7, 11) is 4.03. The molecule has 18 N–H and O–H groups in total. The smallest absolute Gasteiger partial charge is 0.322 e. The maximum atomic E-state index is 12.8. The van der Waals surface area contributed by atoms with Gasteiger partial charge in [-0.1, -0.05) is 82.1 Å². The third-order valence-corrected chi connectivity index (χ3v) is 12.6. The average molecular weight is 1260 g/mol. The summed E-state index contributed by atoms with van der Waals surface area (Å²) < 4.78 is 13.5. The summed E-state index contributed by atoms with van der Waals surface area (Å²) in [4.78, 5) is 92.4. The highest BCUT2D eigenvalue weighted by Crippen LogP contribution is 2.15. The van der Waals surface area contributed by atoms with Gasteiger partial charge in [0.25, 0.3) is 0 Å². The molecule has 4 atom stereocenters. The topological polar surface area (TPSA) is 413 Å². The molecule has 27 heteroatoms. The van der Waals surface area contributed by atoms with Gasteiger partial charge in [0.15, 0.2) is 0 Å². The number of ether oxygens (including phenoxy) is 3. The van der Waals surface area contributed by atoms with E-state index in [1.54, 1.807) is 0 Å². The number of nitrogens with zero attached hydrogens (tertiary/aromatic N) is 6. The van der Waals surface area contributed by atoms with Gasteiger partial charge in [-0.3, -0.25) is 53.2 Å². The minimum absolute atomic E-state index is 0.